The molecule has 7 nitrogen and oxygen atoms in total. The van der Waals surface area contributed by atoms with E-state index in [0.29, 0.717) is 37.7 Å². The molecule has 1 aliphatic rings. The van der Waals surface area contributed by atoms with Gasteiger partial charge in [0.05, 0.1) is 13.0 Å². The monoisotopic (exact) mass is 473 g/mol. The number of methoxy groups -OCH3 is 1. The summed E-state index contributed by atoms with van der Waals surface area (Å²) < 4.78 is 11.4. The minimum Gasteiger partial charge on any atom is -0.493 e. The minimum atomic E-state index is -0.236. The van der Waals surface area contributed by atoms with Crippen molar-refractivity contribution in [3.63, 3.8) is 0 Å². The van der Waals surface area contributed by atoms with Crippen molar-refractivity contribution in [2.75, 3.05) is 25.5 Å². The second-order valence-electron chi connectivity index (χ2n) is 8.56. The number of benzene rings is 3. The van der Waals surface area contributed by atoms with Crippen molar-refractivity contribution in [1.29, 1.82) is 0 Å². The zero-order valence-electron chi connectivity index (χ0n) is 19.9. The maximum Gasteiger partial charge on any atom is 0.321 e. The van der Waals surface area contributed by atoms with Gasteiger partial charge in [-0.3, -0.25) is 4.79 Å². The van der Waals surface area contributed by atoms with E-state index in [2.05, 4.69) is 10.6 Å². The molecule has 0 bridgehead atoms. The van der Waals surface area contributed by atoms with Crippen LogP contribution in [0.4, 0.5) is 10.5 Å². The summed E-state index contributed by atoms with van der Waals surface area (Å²) in [4.78, 5) is 27.2. The van der Waals surface area contributed by atoms with Gasteiger partial charge in [-0.1, -0.05) is 54.6 Å². The lowest BCUT2D eigenvalue weighted by atomic mass is 9.97. The molecule has 1 aliphatic heterocycles. The van der Waals surface area contributed by atoms with Crippen LogP contribution in [0.3, 0.4) is 0 Å². The Morgan fingerprint density at radius 2 is 1.69 bits per heavy atom. The van der Waals surface area contributed by atoms with Gasteiger partial charge in [0.1, 0.15) is 6.61 Å². The van der Waals surface area contributed by atoms with Crippen LogP contribution in [0.2, 0.25) is 0 Å². The highest BCUT2D eigenvalue weighted by molar-refractivity contribution is 5.90. The van der Waals surface area contributed by atoms with Crippen LogP contribution in [0, 0.1) is 5.92 Å². The number of rotatable bonds is 8. The van der Waals surface area contributed by atoms with Crippen LogP contribution < -0.4 is 20.1 Å². The Morgan fingerprint density at radius 3 is 2.43 bits per heavy atom. The number of nitrogens with zero attached hydrogens (tertiary/aromatic N) is 1. The Bertz CT molecular complexity index is 1120. The second-order valence-corrected chi connectivity index (χ2v) is 8.56. The summed E-state index contributed by atoms with van der Waals surface area (Å²) in [6.45, 7) is 1.87. The molecular weight excluding hydrogens is 442 g/mol. The predicted octanol–water partition coefficient (Wildman–Crippen LogP) is 4.83. The molecule has 0 aromatic heterocycles. The van der Waals surface area contributed by atoms with E-state index >= 15 is 0 Å². The molecule has 1 heterocycles. The Hall–Kier alpha value is -4.00. The number of carbonyl (C=O) groups is 2. The van der Waals surface area contributed by atoms with Crippen molar-refractivity contribution in [2.24, 2.45) is 5.92 Å². The van der Waals surface area contributed by atoms with Gasteiger partial charge in [-0.05, 0) is 48.2 Å². The van der Waals surface area contributed by atoms with Crippen molar-refractivity contribution in [1.82, 2.24) is 10.2 Å². The third kappa shape index (κ3) is 6.76. The topological polar surface area (TPSA) is 79.9 Å². The summed E-state index contributed by atoms with van der Waals surface area (Å²) in [6.07, 6.45) is 1.55. The van der Waals surface area contributed by atoms with Crippen LogP contribution in [-0.4, -0.2) is 37.0 Å². The third-order valence-corrected chi connectivity index (χ3v) is 6.04. The summed E-state index contributed by atoms with van der Waals surface area (Å²) in [5.74, 6) is 0.985. The van der Waals surface area contributed by atoms with Gasteiger partial charge in [-0.15, -0.1) is 0 Å². The summed E-state index contributed by atoms with van der Waals surface area (Å²) in [5, 5.41) is 5.91. The zero-order valence-corrected chi connectivity index (χ0v) is 19.9. The van der Waals surface area contributed by atoms with Crippen molar-refractivity contribution < 1.29 is 19.1 Å². The fraction of sp³-hybridized carbons (Fsp3) is 0.286. The number of para-hydroxylation sites is 1. The summed E-state index contributed by atoms with van der Waals surface area (Å²) in [6, 6.07) is 24.8. The summed E-state index contributed by atoms with van der Waals surface area (Å²) in [5.41, 5.74) is 2.73. The van der Waals surface area contributed by atoms with E-state index < -0.39 is 0 Å². The lowest BCUT2D eigenvalue weighted by Gasteiger charge is -2.32. The molecule has 0 aliphatic carbocycles. The van der Waals surface area contributed by atoms with Gasteiger partial charge < -0.3 is 25.0 Å². The highest BCUT2D eigenvalue weighted by Gasteiger charge is 2.28. The quantitative estimate of drug-likeness (QED) is 0.491. The fourth-order valence-electron chi connectivity index (χ4n) is 4.11. The maximum absolute atomic E-state index is 12.9. The van der Waals surface area contributed by atoms with Crippen molar-refractivity contribution in [3.8, 4) is 11.5 Å². The fourth-order valence-corrected chi connectivity index (χ4v) is 4.11. The van der Waals surface area contributed by atoms with Gasteiger partial charge in [0.25, 0.3) is 0 Å². The van der Waals surface area contributed by atoms with Gasteiger partial charge in [0, 0.05) is 25.3 Å². The molecule has 2 N–H and O–H groups in total. The molecule has 0 unspecified atom stereocenters. The van der Waals surface area contributed by atoms with Crippen LogP contribution >= 0.6 is 0 Å². The number of anilines is 1. The Labute approximate surface area is 206 Å². The first-order chi connectivity index (χ1) is 17.1. The zero-order chi connectivity index (χ0) is 24.5. The van der Waals surface area contributed by atoms with E-state index in [9.17, 15) is 9.59 Å². The highest BCUT2D eigenvalue weighted by Crippen LogP contribution is 2.29. The van der Waals surface area contributed by atoms with Gasteiger partial charge in [-0.25, -0.2) is 4.79 Å². The lowest BCUT2D eigenvalue weighted by molar-refractivity contribution is -0.126. The van der Waals surface area contributed by atoms with Crippen molar-refractivity contribution >= 4 is 17.6 Å². The number of urea groups is 1. The van der Waals surface area contributed by atoms with E-state index in [0.717, 1.165) is 29.7 Å². The van der Waals surface area contributed by atoms with Crippen LogP contribution in [0.1, 0.15) is 24.0 Å². The Morgan fingerprint density at radius 1 is 0.943 bits per heavy atom. The number of likely N-dealkylation sites (tertiary alicyclic amines) is 1. The SMILES string of the molecule is COc1cc(CNC(=O)[C@@H]2CCCN(C(=O)Nc3ccccc3)C2)ccc1OCc1ccccc1. The first-order valence-corrected chi connectivity index (χ1v) is 11.8. The largest absolute Gasteiger partial charge is 0.493 e. The number of nitrogens with one attached hydrogen (secondary N) is 2. The van der Waals surface area contributed by atoms with Gasteiger partial charge in [0.2, 0.25) is 5.91 Å². The van der Waals surface area contributed by atoms with E-state index in [-0.39, 0.29) is 17.9 Å². The molecule has 1 atom stereocenters. The number of piperidine rings is 1. The van der Waals surface area contributed by atoms with Crippen LogP contribution in [-0.2, 0) is 17.9 Å². The molecule has 3 amide bonds. The number of hydrogen-bond donors (Lipinski definition) is 2. The molecule has 7 heteroatoms. The smallest absolute Gasteiger partial charge is 0.321 e. The molecule has 35 heavy (non-hydrogen) atoms. The highest BCUT2D eigenvalue weighted by atomic mass is 16.5. The lowest BCUT2D eigenvalue weighted by Crippen LogP contribution is -2.46. The van der Waals surface area contributed by atoms with Crippen molar-refractivity contribution in [2.45, 2.75) is 26.0 Å². The minimum absolute atomic E-state index is 0.0504. The van der Waals surface area contributed by atoms with E-state index in [4.69, 9.17) is 9.47 Å². The third-order valence-electron chi connectivity index (χ3n) is 6.04. The molecule has 182 valence electrons. The van der Waals surface area contributed by atoms with Gasteiger partial charge in [-0.2, -0.15) is 0 Å². The molecule has 3 aromatic rings. The van der Waals surface area contributed by atoms with E-state index in [1.54, 1.807) is 12.0 Å². The van der Waals surface area contributed by atoms with Crippen molar-refractivity contribution in [3.05, 3.63) is 90.0 Å². The Kier molecular flexibility index (Phi) is 8.22. The molecule has 0 radical (unpaired) electrons. The molecule has 1 saturated heterocycles. The average Bonchev–Trinajstić information content (AvgIpc) is 2.92. The average molecular weight is 474 g/mol. The van der Waals surface area contributed by atoms with Crippen LogP contribution in [0.25, 0.3) is 0 Å². The van der Waals surface area contributed by atoms with E-state index in [1.807, 2.05) is 78.9 Å². The Balaban J connectivity index is 1.29. The number of amides is 3. The standard InChI is InChI=1S/C28H31N3O4/c1-34-26-17-22(14-15-25(26)35-20-21-9-4-2-5-10-21)18-29-27(32)23-11-8-16-31(19-23)28(33)30-24-12-6-3-7-13-24/h2-7,9-10,12-15,17,23H,8,11,16,18-20H2,1H3,(H,29,32)(H,30,33)/t23-/m1/s1. The number of ether oxygens (including phenoxy) is 2. The second kappa shape index (κ2) is 11.9. The van der Waals surface area contributed by atoms with Crippen LogP contribution in [0.15, 0.2) is 78.9 Å². The van der Waals surface area contributed by atoms with Gasteiger partial charge >= 0.3 is 6.03 Å². The molecule has 4 rings (SSSR count). The number of hydrogen-bond acceptors (Lipinski definition) is 4. The first kappa shape index (κ1) is 24.1. The van der Waals surface area contributed by atoms with Gasteiger partial charge in [0.15, 0.2) is 11.5 Å². The molecule has 0 spiro atoms. The maximum atomic E-state index is 12.9. The molecule has 1 fully saturated rings. The number of carbonyl (C=O) groups excluding carboxylic acids is 2. The first-order valence-electron chi connectivity index (χ1n) is 11.8. The predicted molar refractivity (Wildman–Crippen MR) is 135 cm³/mol. The molecular formula is C28H31N3O4. The summed E-state index contributed by atoms with van der Waals surface area (Å²) in [7, 11) is 1.60. The van der Waals surface area contributed by atoms with E-state index in [1.165, 1.54) is 0 Å². The molecule has 3 aromatic carbocycles. The summed E-state index contributed by atoms with van der Waals surface area (Å²) >= 11 is 0. The molecule has 0 saturated carbocycles. The van der Waals surface area contributed by atoms with Crippen LogP contribution in [0.5, 0.6) is 11.5 Å². The normalized spacial score (nSPS) is 15.2.